The quantitative estimate of drug-likeness (QED) is 0.457. The van der Waals surface area contributed by atoms with E-state index < -0.39 is 0 Å². The van der Waals surface area contributed by atoms with Gasteiger partial charge in [-0.3, -0.25) is 4.79 Å². The van der Waals surface area contributed by atoms with E-state index in [9.17, 15) is 10.1 Å². The van der Waals surface area contributed by atoms with E-state index in [1.54, 1.807) is 36.4 Å². The minimum Gasteiger partial charge on any atom is -0.493 e. The van der Waals surface area contributed by atoms with Crippen molar-refractivity contribution in [2.45, 2.75) is 6.92 Å². The standard InChI is InChI=1S/C20H16N2O3/c1-14-4-3-5-16(10-14)20(23)17(13-22)11-15-6-7-18(25-9-8-21)19(12-15)24-2/h3-7,10-12H,9H2,1-2H3/b17-11+. The van der Waals surface area contributed by atoms with E-state index in [0.717, 1.165) is 5.56 Å². The van der Waals surface area contributed by atoms with Gasteiger partial charge in [0.2, 0.25) is 5.78 Å². The molecular weight excluding hydrogens is 316 g/mol. The Kier molecular flexibility index (Phi) is 5.92. The predicted octanol–water partition coefficient (Wildman–Crippen LogP) is 3.70. The third-order valence-corrected chi connectivity index (χ3v) is 3.44. The maximum atomic E-state index is 12.5. The number of Topliss-reactive ketones (excluding diaryl/α,β-unsaturated/α-hetero) is 1. The van der Waals surface area contributed by atoms with E-state index in [2.05, 4.69) is 0 Å². The van der Waals surface area contributed by atoms with E-state index in [0.29, 0.717) is 22.6 Å². The largest absolute Gasteiger partial charge is 0.493 e. The summed E-state index contributed by atoms with van der Waals surface area (Å²) in [4.78, 5) is 12.5. The number of nitrogens with zero attached hydrogens (tertiary/aromatic N) is 2. The third-order valence-electron chi connectivity index (χ3n) is 3.44. The lowest BCUT2D eigenvalue weighted by molar-refractivity contribution is 0.104. The molecule has 0 N–H and O–H groups in total. The molecule has 0 radical (unpaired) electrons. The van der Waals surface area contributed by atoms with Crippen LogP contribution in [-0.2, 0) is 0 Å². The molecule has 0 aliphatic carbocycles. The Morgan fingerprint density at radius 3 is 2.60 bits per heavy atom. The molecule has 5 heteroatoms. The SMILES string of the molecule is COc1cc(/C=C(\C#N)C(=O)c2cccc(C)c2)ccc1OCC#N. The van der Waals surface area contributed by atoms with Crippen molar-refractivity contribution in [3.8, 4) is 23.6 Å². The fourth-order valence-corrected chi connectivity index (χ4v) is 2.26. The summed E-state index contributed by atoms with van der Waals surface area (Å²) in [5, 5.41) is 17.9. The van der Waals surface area contributed by atoms with Crippen LogP contribution in [0.1, 0.15) is 21.5 Å². The van der Waals surface area contributed by atoms with Crippen LogP contribution in [0.25, 0.3) is 6.08 Å². The summed E-state index contributed by atoms with van der Waals surface area (Å²) in [6, 6.07) is 15.9. The molecule has 0 heterocycles. The van der Waals surface area contributed by atoms with Crippen LogP contribution in [0.5, 0.6) is 11.5 Å². The van der Waals surface area contributed by atoms with Gasteiger partial charge in [0.05, 0.1) is 7.11 Å². The molecule has 2 aromatic rings. The van der Waals surface area contributed by atoms with Gasteiger partial charge in [-0.15, -0.1) is 0 Å². The monoisotopic (exact) mass is 332 g/mol. The number of rotatable bonds is 6. The van der Waals surface area contributed by atoms with Crippen molar-refractivity contribution in [1.29, 1.82) is 10.5 Å². The molecule has 0 amide bonds. The van der Waals surface area contributed by atoms with Gasteiger partial charge >= 0.3 is 0 Å². The summed E-state index contributed by atoms with van der Waals surface area (Å²) in [6.45, 7) is 1.79. The first-order chi connectivity index (χ1) is 12.1. The number of methoxy groups -OCH3 is 1. The fraction of sp³-hybridized carbons (Fsp3) is 0.150. The fourth-order valence-electron chi connectivity index (χ4n) is 2.26. The van der Waals surface area contributed by atoms with Crippen LogP contribution < -0.4 is 9.47 Å². The molecule has 0 aliphatic heterocycles. The Bertz CT molecular complexity index is 902. The van der Waals surface area contributed by atoms with Crippen molar-refractivity contribution < 1.29 is 14.3 Å². The highest BCUT2D eigenvalue weighted by atomic mass is 16.5. The van der Waals surface area contributed by atoms with E-state index in [4.69, 9.17) is 14.7 Å². The zero-order valence-corrected chi connectivity index (χ0v) is 13.9. The average molecular weight is 332 g/mol. The number of nitriles is 2. The second-order valence-electron chi connectivity index (χ2n) is 5.23. The lowest BCUT2D eigenvalue weighted by Gasteiger charge is -2.09. The number of hydrogen-bond donors (Lipinski definition) is 0. The first kappa shape index (κ1) is 17.8. The zero-order valence-electron chi connectivity index (χ0n) is 13.9. The summed E-state index contributed by atoms with van der Waals surface area (Å²) >= 11 is 0. The van der Waals surface area contributed by atoms with Crippen LogP contribution >= 0.6 is 0 Å². The Balaban J connectivity index is 2.35. The van der Waals surface area contributed by atoms with Crippen molar-refractivity contribution in [3.63, 3.8) is 0 Å². The van der Waals surface area contributed by atoms with Crippen LogP contribution in [0.15, 0.2) is 48.0 Å². The Morgan fingerprint density at radius 2 is 1.96 bits per heavy atom. The van der Waals surface area contributed by atoms with Gasteiger partial charge in [-0.05, 0) is 36.8 Å². The van der Waals surface area contributed by atoms with Gasteiger partial charge < -0.3 is 9.47 Å². The number of allylic oxidation sites excluding steroid dienone is 1. The highest BCUT2D eigenvalue weighted by Gasteiger charge is 2.13. The maximum absolute atomic E-state index is 12.5. The molecule has 0 unspecified atom stereocenters. The summed E-state index contributed by atoms with van der Waals surface area (Å²) in [5.41, 5.74) is 2.06. The summed E-state index contributed by atoms with van der Waals surface area (Å²) < 4.78 is 10.5. The van der Waals surface area contributed by atoms with E-state index in [1.165, 1.54) is 13.2 Å². The normalized spacial score (nSPS) is 10.5. The van der Waals surface area contributed by atoms with Gasteiger partial charge in [0.25, 0.3) is 0 Å². The first-order valence-corrected chi connectivity index (χ1v) is 7.50. The number of ether oxygens (including phenoxy) is 2. The minimum atomic E-state index is -0.338. The lowest BCUT2D eigenvalue weighted by atomic mass is 10.0. The second kappa shape index (κ2) is 8.33. The van der Waals surface area contributed by atoms with Crippen molar-refractivity contribution in [3.05, 3.63) is 64.7 Å². The predicted molar refractivity (Wildman–Crippen MR) is 93.2 cm³/mol. The number of carbonyl (C=O) groups is 1. The molecule has 5 nitrogen and oxygen atoms in total. The van der Waals surface area contributed by atoms with E-state index >= 15 is 0 Å². The number of benzene rings is 2. The summed E-state index contributed by atoms with van der Waals surface area (Å²) in [7, 11) is 1.48. The highest BCUT2D eigenvalue weighted by Crippen LogP contribution is 2.29. The molecule has 25 heavy (non-hydrogen) atoms. The van der Waals surface area contributed by atoms with Gasteiger partial charge in [0.15, 0.2) is 18.1 Å². The van der Waals surface area contributed by atoms with E-state index in [1.807, 2.05) is 25.1 Å². The van der Waals surface area contributed by atoms with Crippen molar-refractivity contribution in [1.82, 2.24) is 0 Å². The summed E-state index contributed by atoms with van der Waals surface area (Å²) in [6.07, 6.45) is 1.50. The van der Waals surface area contributed by atoms with E-state index in [-0.39, 0.29) is 18.0 Å². The summed E-state index contributed by atoms with van der Waals surface area (Å²) in [5.74, 6) is 0.504. The first-order valence-electron chi connectivity index (χ1n) is 7.50. The molecule has 0 saturated carbocycles. The number of ketones is 1. The zero-order chi connectivity index (χ0) is 18.2. The Morgan fingerprint density at radius 1 is 1.16 bits per heavy atom. The molecule has 0 spiro atoms. The third kappa shape index (κ3) is 4.46. The molecule has 124 valence electrons. The Hall–Kier alpha value is -3.57. The molecular formula is C20H16N2O3. The van der Waals surface area contributed by atoms with Gasteiger partial charge in [-0.1, -0.05) is 29.8 Å². The highest BCUT2D eigenvalue weighted by molar-refractivity contribution is 6.14. The van der Waals surface area contributed by atoms with Crippen LogP contribution in [0.4, 0.5) is 0 Å². The van der Waals surface area contributed by atoms with Gasteiger partial charge in [0.1, 0.15) is 17.7 Å². The van der Waals surface area contributed by atoms with Crippen LogP contribution in [-0.4, -0.2) is 19.5 Å². The number of carbonyl (C=O) groups excluding carboxylic acids is 1. The van der Waals surface area contributed by atoms with Crippen molar-refractivity contribution in [2.75, 3.05) is 13.7 Å². The van der Waals surface area contributed by atoms with Gasteiger partial charge in [-0.2, -0.15) is 10.5 Å². The van der Waals surface area contributed by atoms with Crippen molar-refractivity contribution in [2.24, 2.45) is 0 Å². The molecule has 2 rings (SSSR count). The Labute approximate surface area is 146 Å². The smallest absolute Gasteiger partial charge is 0.203 e. The number of hydrogen-bond acceptors (Lipinski definition) is 5. The van der Waals surface area contributed by atoms with Crippen LogP contribution in [0, 0.1) is 29.6 Å². The molecule has 0 bridgehead atoms. The molecule has 0 aromatic heterocycles. The molecule has 0 saturated heterocycles. The molecule has 0 aliphatic rings. The van der Waals surface area contributed by atoms with Crippen molar-refractivity contribution >= 4 is 11.9 Å². The lowest BCUT2D eigenvalue weighted by Crippen LogP contribution is -2.02. The maximum Gasteiger partial charge on any atom is 0.203 e. The second-order valence-corrected chi connectivity index (χ2v) is 5.23. The number of aryl methyl sites for hydroxylation is 1. The molecule has 0 atom stereocenters. The molecule has 0 fully saturated rings. The van der Waals surface area contributed by atoms with Gasteiger partial charge in [-0.25, -0.2) is 0 Å². The topological polar surface area (TPSA) is 83.1 Å². The van der Waals surface area contributed by atoms with Crippen LogP contribution in [0.3, 0.4) is 0 Å². The van der Waals surface area contributed by atoms with Crippen LogP contribution in [0.2, 0.25) is 0 Å². The minimum absolute atomic E-state index is 0.0262. The molecule has 2 aromatic carbocycles. The average Bonchev–Trinajstić information content (AvgIpc) is 2.64. The van der Waals surface area contributed by atoms with Gasteiger partial charge in [0, 0.05) is 5.56 Å².